The first-order valence-electron chi connectivity index (χ1n) is 13.2. The molecule has 0 atom stereocenters. The van der Waals surface area contributed by atoms with Crippen molar-refractivity contribution in [3.8, 4) is 11.4 Å². The van der Waals surface area contributed by atoms with Gasteiger partial charge >= 0.3 is 166 Å². The van der Waals surface area contributed by atoms with Gasteiger partial charge in [0, 0.05) is 5.54 Å². The average Bonchev–Trinajstić information content (AvgIpc) is 3.32. The average molecular weight is 602 g/mol. The van der Waals surface area contributed by atoms with E-state index in [2.05, 4.69) is 10.3 Å². The van der Waals surface area contributed by atoms with E-state index in [1.807, 2.05) is 72.8 Å². The fourth-order valence-electron chi connectivity index (χ4n) is 7.26. The number of benzene rings is 3. The second-order valence-corrected chi connectivity index (χ2v) is 14.0. The van der Waals surface area contributed by atoms with Crippen molar-refractivity contribution in [2.24, 2.45) is 17.8 Å². The molecule has 4 saturated carbocycles. The molecule has 0 aliphatic heterocycles. The van der Waals surface area contributed by atoms with Gasteiger partial charge in [0.1, 0.15) is 0 Å². The Kier molecular flexibility index (Phi) is 5.68. The van der Waals surface area contributed by atoms with Crippen molar-refractivity contribution in [3.05, 3.63) is 87.5 Å². The molecule has 0 spiro atoms. The van der Waals surface area contributed by atoms with Crippen LogP contribution >= 0.6 is 0 Å². The Labute approximate surface area is 226 Å². The van der Waals surface area contributed by atoms with Crippen molar-refractivity contribution in [2.75, 3.05) is 0 Å². The number of nitrogens with zero attached hydrogens (tertiary/aromatic N) is 1. The minimum atomic E-state index is -0.742. The molecular weight excluding hydrogens is 573 g/mol. The van der Waals surface area contributed by atoms with Crippen LogP contribution in [0.4, 0.5) is 0 Å². The molecule has 1 amide bonds. The van der Waals surface area contributed by atoms with Crippen LogP contribution in [0.2, 0.25) is 0 Å². The Morgan fingerprint density at radius 1 is 0.838 bits per heavy atom. The number of halogens is 1. The van der Waals surface area contributed by atoms with Crippen LogP contribution in [0.15, 0.2) is 72.8 Å². The first kappa shape index (κ1) is 23.1. The van der Waals surface area contributed by atoms with Crippen molar-refractivity contribution in [1.82, 2.24) is 15.3 Å². The number of carbonyl (C=O) groups is 2. The van der Waals surface area contributed by atoms with E-state index in [4.69, 9.17) is 4.98 Å². The Morgan fingerprint density at radius 3 is 2.16 bits per heavy atom. The monoisotopic (exact) mass is 602 g/mol. The molecule has 0 unspecified atom stereocenters. The van der Waals surface area contributed by atoms with Gasteiger partial charge in [-0.15, -0.1) is 0 Å². The Bertz CT molecular complexity index is 1460. The number of aromatic amines is 1. The number of H-pyrrole nitrogens is 1. The zero-order valence-corrected chi connectivity index (χ0v) is 22.7. The molecule has 5 nitrogen and oxygen atoms in total. The number of carbonyl (C=O) groups excluding carboxylic acids is 2. The Hall–Kier alpha value is -3.00. The van der Waals surface area contributed by atoms with Crippen molar-refractivity contribution in [3.63, 3.8) is 0 Å². The molecule has 2 N–H and O–H groups in total. The summed E-state index contributed by atoms with van der Waals surface area (Å²) in [5.74, 6) is 3.20. The predicted octanol–water partition coefficient (Wildman–Crippen LogP) is 3.03. The van der Waals surface area contributed by atoms with Crippen LogP contribution in [0, 0.1) is 21.3 Å². The number of imidazole rings is 1. The maximum absolute atomic E-state index is 13.2. The Balaban J connectivity index is 1.07. The standard InChI is InChI=1S/C31H29IN3O2/c36-28(32-25-4-2-1-3-5-25)24-10-11-26-27(15-24)34-29(33-26)22-6-8-23(9-7-22)30(37)35-31-16-19-12-20(17-31)14-21(13-19)18-31/h1-11,15,19-21H,12-14,16-18H2,(H,33,34)(H,35,37)/q-1. The van der Waals surface area contributed by atoms with E-state index in [0.29, 0.717) is 5.56 Å². The summed E-state index contributed by atoms with van der Waals surface area (Å²) >= 11 is -0.742. The van der Waals surface area contributed by atoms with Gasteiger partial charge in [-0.1, -0.05) is 0 Å². The molecule has 4 aliphatic rings. The SMILES string of the molecule is O=C(NC12CC3CC(CC(C3)C1)C2)c1ccc(-c2nc3ccc(C(=O)[I-]c4ccccc4)cc3[nH]2)cc1. The summed E-state index contributed by atoms with van der Waals surface area (Å²) in [5.41, 5.74) is 4.03. The number of hydrogen-bond acceptors (Lipinski definition) is 3. The molecule has 3 aromatic carbocycles. The molecule has 37 heavy (non-hydrogen) atoms. The van der Waals surface area contributed by atoms with Crippen LogP contribution in [-0.2, 0) is 0 Å². The third-order valence-corrected chi connectivity index (χ3v) is 10.9. The summed E-state index contributed by atoms with van der Waals surface area (Å²) in [6.45, 7) is 0. The van der Waals surface area contributed by atoms with Crippen molar-refractivity contribution < 1.29 is 30.8 Å². The van der Waals surface area contributed by atoms with E-state index in [0.717, 1.165) is 68.6 Å². The summed E-state index contributed by atoms with van der Waals surface area (Å²) in [4.78, 5) is 34.1. The number of fused-ring (bicyclic) bond motifs is 1. The molecule has 4 bridgehead atoms. The predicted molar refractivity (Wildman–Crippen MR) is 139 cm³/mol. The van der Waals surface area contributed by atoms with Crippen LogP contribution in [-0.4, -0.2) is 25.2 Å². The summed E-state index contributed by atoms with van der Waals surface area (Å²) < 4.78 is 1.31. The fourth-order valence-corrected chi connectivity index (χ4v) is 9.24. The molecule has 1 aromatic heterocycles. The third kappa shape index (κ3) is 4.49. The maximum atomic E-state index is 13.2. The van der Waals surface area contributed by atoms with Crippen LogP contribution in [0.1, 0.15) is 59.2 Å². The Morgan fingerprint density at radius 2 is 1.49 bits per heavy atom. The van der Waals surface area contributed by atoms with Gasteiger partial charge in [-0.25, -0.2) is 0 Å². The normalized spacial score (nSPS) is 26.0. The molecule has 8 rings (SSSR count). The summed E-state index contributed by atoms with van der Waals surface area (Å²) in [7, 11) is 0. The van der Waals surface area contributed by atoms with Crippen LogP contribution in [0.25, 0.3) is 22.4 Å². The van der Waals surface area contributed by atoms with Crippen molar-refractivity contribution in [2.45, 2.75) is 44.1 Å². The van der Waals surface area contributed by atoms with Crippen LogP contribution < -0.4 is 26.5 Å². The van der Waals surface area contributed by atoms with Gasteiger partial charge < -0.3 is 0 Å². The quantitative estimate of drug-likeness (QED) is 0.263. The second kappa shape index (κ2) is 9.08. The molecule has 1 heterocycles. The molecule has 4 fully saturated rings. The van der Waals surface area contributed by atoms with E-state index >= 15 is 0 Å². The van der Waals surface area contributed by atoms with Gasteiger partial charge in [-0.3, -0.25) is 0 Å². The van der Waals surface area contributed by atoms with E-state index in [9.17, 15) is 9.59 Å². The molecule has 0 saturated heterocycles. The first-order valence-corrected chi connectivity index (χ1v) is 15.3. The van der Waals surface area contributed by atoms with E-state index < -0.39 is 21.2 Å². The van der Waals surface area contributed by atoms with Gasteiger partial charge in [0.05, 0.1) is 0 Å². The molecule has 188 valence electrons. The summed E-state index contributed by atoms with van der Waals surface area (Å²) in [6, 6.07) is 23.4. The molecule has 6 heteroatoms. The van der Waals surface area contributed by atoms with Crippen LogP contribution in [0.3, 0.4) is 0 Å². The minimum absolute atomic E-state index is 0.0150. The molecule has 0 radical (unpaired) electrons. The number of rotatable bonds is 6. The number of amides is 1. The zero-order valence-electron chi connectivity index (χ0n) is 20.5. The van der Waals surface area contributed by atoms with E-state index in [1.54, 1.807) is 0 Å². The third-order valence-electron chi connectivity index (χ3n) is 8.47. The van der Waals surface area contributed by atoms with Gasteiger partial charge in [0.25, 0.3) is 0 Å². The summed E-state index contributed by atoms with van der Waals surface area (Å²) in [5, 5.41) is 3.46. The van der Waals surface area contributed by atoms with E-state index in [-0.39, 0.29) is 15.2 Å². The second-order valence-electron chi connectivity index (χ2n) is 11.2. The van der Waals surface area contributed by atoms with Gasteiger partial charge in [-0.05, 0) is 56.3 Å². The van der Waals surface area contributed by atoms with Gasteiger partial charge in [-0.2, -0.15) is 0 Å². The molecule has 4 aromatic rings. The number of nitrogens with one attached hydrogen (secondary N) is 2. The van der Waals surface area contributed by atoms with Crippen molar-refractivity contribution in [1.29, 1.82) is 0 Å². The van der Waals surface area contributed by atoms with Crippen molar-refractivity contribution >= 4 is 20.7 Å². The molecular formula is C31H29IN3O2-. The van der Waals surface area contributed by atoms with Gasteiger partial charge in [0.2, 0.25) is 0 Å². The topological polar surface area (TPSA) is 74.8 Å². The molecule has 4 aliphatic carbocycles. The number of hydrogen-bond donors (Lipinski definition) is 2. The van der Waals surface area contributed by atoms with Crippen LogP contribution in [0.5, 0.6) is 0 Å². The first-order chi connectivity index (χ1) is 18.0. The number of aromatic nitrogens is 2. The van der Waals surface area contributed by atoms with Gasteiger partial charge in [0.15, 0.2) is 0 Å². The summed E-state index contributed by atoms with van der Waals surface area (Å²) in [6.07, 6.45) is 7.56. The fraction of sp³-hybridized carbons (Fsp3) is 0.323. The van der Waals surface area contributed by atoms with E-state index in [1.165, 1.54) is 19.3 Å². The zero-order chi connectivity index (χ0) is 25.0.